The molecule has 0 atom stereocenters. The van der Waals surface area contributed by atoms with E-state index in [0.29, 0.717) is 24.0 Å². The van der Waals surface area contributed by atoms with Crippen LogP contribution in [0, 0.1) is 5.92 Å². The number of carbonyl (C=O) groups excluding carboxylic acids is 1. The standard InChI is InChI=1S/C20H25N3O4/c1-15(2)9-11-27-17-8-7-16(12-18(17)26-3)13-21-22-19(24)14-23-10-5-4-6-20(23)25/h4-8,10,12-13,15H,9,11,14H2,1-3H3,(H,22,24)/b21-13-. The zero-order valence-corrected chi connectivity index (χ0v) is 15.8. The fourth-order valence-corrected chi connectivity index (χ4v) is 2.25. The maximum absolute atomic E-state index is 11.9. The molecule has 0 radical (unpaired) electrons. The summed E-state index contributed by atoms with van der Waals surface area (Å²) in [4.78, 5) is 23.5. The molecule has 0 aliphatic heterocycles. The van der Waals surface area contributed by atoms with Gasteiger partial charge >= 0.3 is 0 Å². The number of aromatic nitrogens is 1. The average molecular weight is 371 g/mol. The largest absolute Gasteiger partial charge is 0.493 e. The number of nitrogens with one attached hydrogen (secondary N) is 1. The molecule has 0 spiro atoms. The summed E-state index contributed by atoms with van der Waals surface area (Å²) >= 11 is 0. The highest BCUT2D eigenvalue weighted by Gasteiger charge is 2.06. The van der Waals surface area contributed by atoms with Crippen molar-refractivity contribution in [2.45, 2.75) is 26.8 Å². The lowest BCUT2D eigenvalue weighted by atomic mass is 10.1. The second-order valence-corrected chi connectivity index (χ2v) is 6.40. The smallest absolute Gasteiger partial charge is 0.260 e. The minimum absolute atomic E-state index is 0.0943. The SMILES string of the molecule is COc1cc(/C=N\NC(=O)Cn2ccccc2=O)ccc1OCCC(C)C. The van der Waals surface area contributed by atoms with Crippen LogP contribution in [-0.2, 0) is 11.3 Å². The minimum atomic E-state index is -0.389. The number of ether oxygens (including phenoxy) is 2. The topological polar surface area (TPSA) is 81.9 Å². The molecule has 0 saturated heterocycles. The Morgan fingerprint density at radius 1 is 1.26 bits per heavy atom. The third kappa shape index (κ3) is 6.62. The second kappa shape index (κ2) is 10.2. The van der Waals surface area contributed by atoms with Gasteiger partial charge in [0.25, 0.3) is 11.5 Å². The molecule has 1 heterocycles. The predicted octanol–water partition coefficient (Wildman–Crippen LogP) is 2.43. The molecule has 1 amide bonds. The molecule has 0 bridgehead atoms. The molecule has 7 nitrogen and oxygen atoms in total. The van der Waals surface area contributed by atoms with Crippen LogP contribution in [0.3, 0.4) is 0 Å². The van der Waals surface area contributed by atoms with Crippen LogP contribution in [0.4, 0.5) is 0 Å². The first-order chi connectivity index (χ1) is 13.0. The number of rotatable bonds is 9. The molecular formula is C20H25N3O4. The number of carbonyl (C=O) groups is 1. The van der Waals surface area contributed by atoms with Crippen molar-refractivity contribution in [3.05, 3.63) is 58.5 Å². The third-order valence-corrected chi connectivity index (χ3v) is 3.76. The highest BCUT2D eigenvalue weighted by atomic mass is 16.5. The van der Waals surface area contributed by atoms with Crippen LogP contribution < -0.4 is 20.5 Å². The van der Waals surface area contributed by atoms with E-state index in [2.05, 4.69) is 24.4 Å². The summed E-state index contributed by atoms with van der Waals surface area (Å²) in [6.45, 7) is 4.81. The van der Waals surface area contributed by atoms with E-state index in [0.717, 1.165) is 12.0 Å². The number of nitrogens with zero attached hydrogens (tertiary/aromatic N) is 2. The average Bonchev–Trinajstić information content (AvgIpc) is 2.64. The summed E-state index contributed by atoms with van der Waals surface area (Å²) < 4.78 is 12.4. The Hall–Kier alpha value is -3.09. The maximum Gasteiger partial charge on any atom is 0.260 e. The summed E-state index contributed by atoms with van der Waals surface area (Å²) in [5.41, 5.74) is 2.91. The Labute approximate surface area is 158 Å². The van der Waals surface area contributed by atoms with E-state index in [-0.39, 0.29) is 18.0 Å². The Morgan fingerprint density at radius 2 is 2.07 bits per heavy atom. The zero-order valence-electron chi connectivity index (χ0n) is 15.8. The fraction of sp³-hybridized carbons (Fsp3) is 0.350. The van der Waals surface area contributed by atoms with Crippen molar-refractivity contribution < 1.29 is 14.3 Å². The van der Waals surface area contributed by atoms with Crippen molar-refractivity contribution in [1.29, 1.82) is 0 Å². The molecular weight excluding hydrogens is 346 g/mol. The molecule has 0 aliphatic rings. The van der Waals surface area contributed by atoms with Crippen LogP contribution in [-0.4, -0.2) is 30.4 Å². The van der Waals surface area contributed by atoms with Gasteiger partial charge in [0.1, 0.15) is 6.54 Å². The van der Waals surface area contributed by atoms with Gasteiger partial charge in [0, 0.05) is 12.3 Å². The molecule has 2 rings (SSSR count). The second-order valence-electron chi connectivity index (χ2n) is 6.40. The van der Waals surface area contributed by atoms with Crippen LogP contribution in [0.1, 0.15) is 25.8 Å². The number of hydrazone groups is 1. The van der Waals surface area contributed by atoms with Gasteiger partial charge in [0.05, 0.1) is 19.9 Å². The molecule has 27 heavy (non-hydrogen) atoms. The van der Waals surface area contributed by atoms with Gasteiger partial charge in [-0.25, -0.2) is 5.43 Å². The summed E-state index contributed by atoms with van der Waals surface area (Å²) in [5, 5.41) is 3.92. The van der Waals surface area contributed by atoms with Crippen molar-refractivity contribution >= 4 is 12.1 Å². The van der Waals surface area contributed by atoms with E-state index in [9.17, 15) is 9.59 Å². The van der Waals surface area contributed by atoms with Crippen molar-refractivity contribution in [1.82, 2.24) is 9.99 Å². The summed E-state index contributed by atoms with van der Waals surface area (Å²) in [6, 6.07) is 10.1. The van der Waals surface area contributed by atoms with Gasteiger partial charge in [-0.1, -0.05) is 19.9 Å². The van der Waals surface area contributed by atoms with Gasteiger partial charge in [-0.3, -0.25) is 9.59 Å². The first-order valence-corrected chi connectivity index (χ1v) is 8.78. The van der Waals surface area contributed by atoms with Crippen LogP contribution >= 0.6 is 0 Å². The normalized spacial score (nSPS) is 11.0. The van der Waals surface area contributed by atoms with Crippen LogP contribution in [0.5, 0.6) is 11.5 Å². The van der Waals surface area contributed by atoms with Gasteiger partial charge in [-0.2, -0.15) is 5.10 Å². The van der Waals surface area contributed by atoms with Crippen molar-refractivity contribution in [3.8, 4) is 11.5 Å². The zero-order chi connectivity index (χ0) is 19.6. The first-order valence-electron chi connectivity index (χ1n) is 8.78. The summed E-state index contributed by atoms with van der Waals surface area (Å²) in [7, 11) is 1.57. The predicted molar refractivity (Wildman–Crippen MR) is 104 cm³/mol. The van der Waals surface area contributed by atoms with Gasteiger partial charge in [0.15, 0.2) is 11.5 Å². The fourth-order valence-electron chi connectivity index (χ4n) is 2.25. The van der Waals surface area contributed by atoms with Crippen molar-refractivity contribution in [3.63, 3.8) is 0 Å². The van der Waals surface area contributed by atoms with Crippen LogP contribution in [0.15, 0.2) is 52.5 Å². The lowest BCUT2D eigenvalue weighted by molar-refractivity contribution is -0.121. The molecule has 7 heteroatoms. The van der Waals surface area contributed by atoms with E-state index >= 15 is 0 Å². The summed E-state index contributed by atoms with van der Waals surface area (Å²) in [5.74, 6) is 1.45. The molecule has 144 valence electrons. The number of methoxy groups -OCH3 is 1. The number of benzene rings is 1. The van der Waals surface area contributed by atoms with E-state index in [1.54, 1.807) is 31.5 Å². The highest BCUT2D eigenvalue weighted by Crippen LogP contribution is 2.27. The number of hydrogen-bond acceptors (Lipinski definition) is 5. The van der Waals surface area contributed by atoms with Crippen LogP contribution in [0.2, 0.25) is 0 Å². The molecule has 1 N–H and O–H groups in total. The molecule has 0 unspecified atom stereocenters. The van der Waals surface area contributed by atoms with Gasteiger partial charge in [0.2, 0.25) is 0 Å². The lowest BCUT2D eigenvalue weighted by Crippen LogP contribution is -2.28. The van der Waals surface area contributed by atoms with Crippen LogP contribution in [0.25, 0.3) is 0 Å². The Morgan fingerprint density at radius 3 is 2.78 bits per heavy atom. The van der Waals surface area contributed by atoms with E-state index < -0.39 is 0 Å². The van der Waals surface area contributed by atoms with E-state index in [1.807, 2.05) is 12.1 Å². The van der Waals surface area contributed by atoms with Crippen molar-refractivity contribution in [2.24, 2.45) is 11.0 Å². The molecule has 1 aromatic heterocycles. The lowest BCUT2D eigenvalue weighted by Gasteiger charge is -2.12. The quantitative estimate of drug-likeness (QED) is 0.542. The Bertz CT molecular complexity index is 843. The van der Waals surface area contributed by atoms with E-state index in [4.69, 9.17) is 9.47 Å². The van der Waals surface area contributed by atoms with Gasteiger partial charge in [-0.05, 0) is 42.2 Å². The Balaban J connectivity index is 1.93. The number of amides is 1. The highest BCUT2D eigenvalue weighted by molar-refractivity contribution is 5.83. The van der Waals surface area contributed by atoms with E-state index in [1.165, 1.54) is 16.8 Å². The first kappa shape index (κ1) is 20.2. The Kier molecular flexibility index (Phi) is 7.61. The molecule has 2 aromatic rings. The molecule has 1 aromatic carbocycles. The van der Waals surface area contributed by atoms with Gasteiger partial charge < -0.3 is 14.0 Å². The maximum atomic E-state index is 11.9. The number of pyridine rings is 1. The monoisotopic (exact) mass is 371 g/mol. The number of hydrogen-bond donors (Lipinski definition) is 1. The molecule has 0 saturated carbocycles. The van der Waals surface area contributed by atoms with Gasteiger partial charge in [-0.15, -0.1) is 0 Å². The minimum Gasteiger partial charge on any atom is -0.493 e. The summed E-state index contributed by atoms with van der Waals surface area (Å²) in [6.07, 6.45) is 4.02. The molecule has 0 aliphatic carbocycles. The van der Waals surface area contributed by atoms with Crippen molar-refractivity contribution in [2.75, 3.05) is 13.7 Å². The third-order valence-electron chi connectivity index (χ3n) is 3.76. The molecule has 0 fully saturated rings.